The maximum Gasteiger partial charge on any atom is 0.472 e. The molecule has 1 aliphatic heterocycles. The van der Waals surface area contributed by atoms with E-state index in [2.05, 4.69) is 9.26 Å². The molecule has 0 aromatic carbocycles. The van der Waals surface area contributed by atoms with Crippen molar-refractivity contribution in [1.82, 2.24) is 0 Å². The summed E-state index contributed by atoms with van der Waals surface area (Å²) in [5, 5.41) is 27.7. The van der Waals surface area contributed by atoms with Crippen molar-refractivity contribution in [3.05, 3.63) is 0 Å². The summed E-state index contributed by atoms with van der Waals surface area (Å²) in [4.78, 5) is 16.9. The molecular formula is C6H12FO8P. The summed E-state index contributed by atoms with van der Waals surface area (Å²) >= 11 is 0. The van der Waals surface area contributed by atoms with Gasteiger partial charge in [0.2, 0.25) is 0 Å². The molecule has 5 atom stereocenters. The summed E-state index contributed by atoms with van der Waals surface area (Å²) in [6, 6.07) is 0. The first-order chi connectivity index (χ1) is 7.26. The molecule has 1 saturated heterocycles. The molecule has 1 aliphatic rings. The van der Waals surface area contributed by atoms with E-state index in [4.69, 9.17) is 9.79 Å². The molecule has 0 unspecified atom stereocenters. The first-order valence-corrected chi connectivity index (χ1v) is 5.79. The van der Waals surface area contributed by atoms with Crippen LogP contribution in [0, 0.1) is 0 Å². The van der Waals surface area contributed by atoms with Gasteiger partial charge in [0.15, 0.2) is 6.29 Å². The molecule has 0 radical (unpaired) electrons. The Morgan fingerprint density at radius 3 is 2.19 bits per heavy atom. The maximum absolute atomic E-state index is 12.3. The highest BCUT2D eigenvalue weighted by atomic mass is 31.2. The zero-order chi connectivity index (χ0) is 12.5. The Kier molecular flexibility index (Phi) is 4.38. The van der Waals surface area contributed by atoms with Crippen molar-refractivity contribution in [3.63, 3.8) is 0 Å². The Bertz CT molecular complexity index is 280. The number of aliphatic hydroxyl groups excluding tert-OH is 3. The van der Waals surface area contributed by atoms with Gasteiger partial charge in [-0.25, -0.2) is 8.96 Å². The molecule has 0 amide bonds. The van der Waals surface area contributed by atoms with Gasteiger partial charge in [-0.2, -0.15) is 0 Å². The van der Waals surface area contributed by atoms with Crippen LogP contribution < -0.4 is 0 Å². The average Bonchev–Trinajstić information content (AvgIpc) is 2.17. The number of phosphoric acid groups is 1. The third-order valence-corrected chi connectivity index (χ3v) is 2.54. The highest BCUT2D eigenvalue weighted by molar-refractivity contribution is 7.46. The van der Waals surface area contributed by atoms with Crippen molar-refractivity contribution < 1.29 is 43.3 Å². The Morgan fingerprint density at radius 2 is 1.75 bits per heavy atom. The summed E-state index contributed by atoms with van der Waals surface area (Å²) in [7, 11) is -4.95. The Morgan fingerprint density at radius 1 is 1.19 bits per heavy atom. The Balaban J connectivity index is 2.75. The van der Waals surface area contributed by atoms with Crippen molar-refractivity contribution in [1.29, 1.82) is 0 Å². The van der Waals surface area contributed by atoms with Gasteiger partial charge in [-0.05, 0) is 0 Å². The molecule has 8 nitrogen and oxygen atoms in total. The lowest BCUT2D eigenvalue weighted by atomic mass is 10.00. The molecule has 0 bridgehead atoms. The van der Waals surface area contributed by atoms with Crippen LogP contribution in [0.1, 0.15) is 0 Å². The minimum Gasteiger partial charge on any atom is -0.387 e. The quantitative estimate of drug-likeness (QED) is 0.364. The predicted molar refractivity (Wildman–Crippen MR) is 45.8 cm³/mol. The van der Waals surface area contributed by atoms with Gasteiger partial charge in [-0.15, -0.1) is 0 Å². The van der Waals surface area contributed by atoms with Gasteiger partial charge >= 0.3 is 7.82 Å². The molecule has 0 saturated carbocycles. The highest BCUT2D eigenvalue weighted by Crippen LogP contribution is 2.40. The fraction of sp³-hybridized carbons (Fsp3) is 1.00. The van der Waals surface area contributed by atoms with Crippen molar-refractivity contribution in [3.8, 4) is 0 Å². The van der Waals surface area contributed by atoms with Crippen LogP contribution >= 0.6 is 7.82 Å². The molecule has 0 aromatic heterocycles. The minimum absolute atomic E-state index is 1.20. The zero-order valence-electron chi connectivity index (χ0n) is 7.88. The van der Waals surface area contributed by atoms with E-state index in [1.807, 2.05) is 0 Å². The van der Waals surface area contributed by atoms with Gasteiger partial charge in [0, 0.05) is 0 Å². The van der Waals surface area contributed by atoms with Gasteiger partial charge in [0.1, 0.15) is 31.1 Å². The number of alkyl halides is 1. The van der Waals surface area contributed by atoms with Gasteiger partial charge in [0.25, 0.3) is 0 Å². The normalized spacial score (nSPS) is 41.0. The molecule has 16 heavy (non-hydrogen) atoms. The van der Waals surface area contributed by atoms with E-state index in [9.17, 15) is 24.3 Å². The number of hydrogen-bond donors (Lipinski definition) is 5. The van der Waals surface area contributed by atoms with E-state index >= 15 is 0 Å². The second kappa shape index (κ2) is 5.03. The smallest absolute Gasteiger partial charge is 0.387 e. The monoisotopic (exact) mass is 262 g/mol. The molecule has 1 rings (SSSR count). The van der Waals surface area contributed by atoms with E-state index < -0.39 is 45.2 Å². The maximum atomic E-state index is 12.3. The second-order valence-corrected chi connectivity index (χ2v) is 4.46. The standard InChI is InChI=1S/C6H12FO8P/c7-1-2-3(8)4(9)5(10)6(14-2)15-16(11,12)13/h2-6,8-10H,1H2,(H2,11,12,13)/t2-,3+,4+,5-,6+/m1/s1. The average molecular weight is 262 g/mol. The predicted octanol–water partition coefficient (Wildman–Crippen LogP) is -2.13. The van der Waals surface area contributed by atoms with E-state index in [1.54, 1.807) is 0 Å². The topological polar surface area (TPSA) is 137 Å². The first-order valence-electron chi connectivity index (χ1n) is 4.26. The van der Waals surface area contributed by atoms with E-state index in [0.29, 0.717) is 0 Å². The van der Waals surface area contributed by atoms with Crippen molar-refractivity contribution >= 4 is 7.82 Å². The summed E-state index contributed by atoms with van der Waals surface area (Å²) in [5.41, 5.74) is 0. The molecule has 1 heterocycles. The molecule has 0 aliphatic carbocycles. The Hall–Kier alpha value is -0.120. The lowest BCUT2D eigenvalue weighted by molar-refractivity contribution is -0.277. The SMILES string of the molecule is O=P(O)(O)O[C@@H]1O[C@H](CF)[C@H](O)[C@H](O)[C@H]1O. The van der Waals surface area contributed by atoms with Crippen molar-refractivity contribution in [2.75, 3.05) is 6.67 Å². The molecule has 1 fully saturated rings. The number of phosphoric ester groups is 1. The molecule has 96 valence electrons. The molecule has 10 heteroatoms. The van der Waals surface area contributed by atoms with Gasteiger partial charge in [0.05, 0.1) is 0 Å². The van der Waals surface area contributed by atoms with Crippen LogP contribution in [-0.2, 0) is 13.8 Å². The van der Waals surface area contributed by atoms with Gasteiger partial charge in [-0.3, -0.25) is 4.52 Å². The second-order valence-electron chi connectivity index (χ2n) is 3.26. The molecular weight excluding hydrogens is 250 g/mol. The van der Waals surface area contributed by atoms with Crippen LogP contribution in [0.5, 0.6) is 0 Å². The van der Waals surface area contributed by atoms with Crippen LogP contribution in [-0.4, -0.2) is 62.5 Å². The number of halogens is 1. The Labute approximate surface area is 89.5 Å². The third-order valence-electron chi connectivity index (χ3n) is 2.06. The number of ether oxygens (including phenoxy) is 1. The van der Waals surface area contributed by atoms with Crippen molar-refractivity contribution in [2.24, 2.45) is 0 Å². The minimum atomic E-state index is -4.95. The number of aliphatic hydroxyl groups is 3. The van der Waals surface area contributed by atoms with E-state index in [-0.39, 0.29) is 0 Å². The van der Waals surface area contributed by atoms with Crippen LogP contribution in [0.3, 0.4) is 0 Å². The van der Waals surface area contributed by atoms with E-state index in [1.165, 1.54) is 0 Å². The van der Waals surface area contributed by atoms with Gasteiger partial charge in [-0.1, -0.05) is 0 Å². The number of rotatable bonds is 3. The van der Waals surface area contributed by atoms with Crippen LogP contribution in [0.15, 0.2) is 0 Å². The zero-order valence-corrected chi connectivity index (χ0v) is 8.77. The van der Waals surface area contributed by atoms with Crippen LogP contribution in [0.4, 0.5) is 4.39 Å². The van der Waals surface area contributed by atoms with Gasteiger partial charge < -0.3 is 29.8 Å². The first kappa shape index (κ1) is 13.9. The molecule has 0 spiro atoms. The fourth-order valence-corrected chi connectivity index (χ4v) is 1.71. The number of hydrogen-bond acceptors (Lipinski definition) is 6. The lowest BCUT2D eigenvalue weighted by Crippen LogP contribution is -2.58. The summed E-state index contributed by atoms with van der Waals surface area (Å²) in [5.74, 6) is 0. The summed E-state index contributed by atoms with van der Waals surface area (Å²) < 4.78 is 31.3. The van der Waals surface area contributed by atoms with E-state index in [0.717, 1.165) is 0 Å². The largest absolute Gasteiger partial charge is 0.472 e. The lowest BCUT2D eigenvalue weighted by Gasteiger charge is -2.38. The van der Waals surface area contributed by atoms with Crippen molar-refractivity contribution in [2.45, 2.75) is 30.7 Å². The fourth-order valence-electron chi connectivity index (χ4n) is 1.27. The highest BCUT2D eigenvalue weighted by Gasteiger charge is 2.46. The third kappa shape index (κ3) is 3.19. The summed E-state index contributed by atoms with van der Waals surface area (Å²) in [6.45, 7) is -1.20. The van der Waals surface area contributed by atoms with Crippen LogP contribution in [0.25, 0.3) is 0 Å². The molecule has 0 aromatic rings. The molecule has 5 N–H and O–H groups in total. The van der Waals surface area contributed by atoms with Crippen LogP contribution in [0.2, 0.25) is 0 Å². The summed E-state index contributed by atoms with van der Waals surface area (Å²) in [6.07, 6.45) is -8.82.